The van der Waals surface area contributed by atoms with Crippen LogP contribution in [0.1, 0.15) is 25.0 Å². The van der Waals surface area contributed by atoms with Crippen LogP contribution in [0.25, 0.3) is 142 Å². The predicted molar refractivity (Wildman–Crippen MR) is 513 cm³/mol. The van der Waals surface area contributed by atoms with Crippen LogP contribution >= 0.6 is 11.3 Å². The lowest BCUT2D eigenvalue weighted by molar-refractivity contribution is 0.660. The van der Waals surface area contributed by atoms with Gasteiger partial charge in [-0.05, 0) is 252 Å². The average Bonchev–Trinajstić information content (AvgIpc) is 1.58. The van der Waals surface area contributed by atoms with E-state index in [-0.39, 0.29) is 5.41 Å². The van der Waals surface area contributed by atoms with E-state index in [0.29, 0.717) is 0 Å². The number of hydrogen-bond donors (Lipinski definition) is 0. The number of benzene rings is 19. The Morgan fingerprint density at radius 3 is 1.07 bits per heavy atom. The third-order valence-electron chi connectivity index (χ3n) is 23.7. The van der Waals surface area contributed by atoms with Gasteiger partial charge in [0.2, 0.25) is 0 Å². The van der Waals surface area contributed by atoms with Crippen LogP contribution in [-0.4, -0.2) is 0 Å². The highest BCUT2D eigenvalue weighted by molar-refractivity contribution is 7.25. The van der Waals surface area contributed by atoms with Gasteiger partial charge in [0.15, 0.2) is 0 Å². The van der Waals surface area contributed by atoms with Crippen LogP contribution in [-0.2, 0) is 5.41 Å². The van der Waals surface area contributed by atoms with Crippen molar-refractivity contribution in [2.45, 2.75) is 19.3 Å². The molecule has 23 rings (SSSR count). The molecule has 6 heteroatoms. The first kappa shape index (κ1) is 73.3. The van der Waals surface area contributed by atoms with Gasteiger partial charge in [0.25, 0.3) is 0 Å². The molecule has 0 saturated heterocycles. The van der Waals surface area contributed by atoms with Gasteiger partial charge >= 0.3 is 0 Å². The van der Waals surface area contributed by atoms with Crippen LogP contribution in [0.5, 0.6) is 0 Å². The summed E-state index contributed by atoms with van der Waals surface area (Å²) < 4.78 is 14.8. The Balaban J connectivity index is 0.000000112. The normalized spacial score (nSPS) is 12.0. The summed E-state index contributed by atoms with van der Waals surface area (Å²) in [5.74, 6) is 0. The van der Waals surface area contributed by atoms with Crippen LogP contribution < -0.4 is 14.7 Å². The molecule has 1 aliphatic rings. The van der Waals surface area contributed by atoms with E-state index in [4.69, 9.17) is 8.83 Å². The Hall–Kier alpha value is -15.3. The third-order valence-corrected chi connectivity index (χ3v) is 24.9. The van der Waals surface area contributed by atoms with Crippen molar-refractivity contribution >= 4 is 137 Å². The van der Waals surface area contributed by atoms with Gasteiger partial charge in [0.1, 0.15) is 22.3 Å². The first-order chi connectivity index (χ1) is 59.7. The lowest BCUT2D eigenvalue weighted by Crippen LogP contribution is -2.16. The van der Waals surface area contributed by atoms with E-state index < -0.39 is 0 Å². The molecule has 1 aliphatic carbocycles. The van der Waals surface area contributed by atoms with E-state index in [1.807, 2.05) is 35.6 Å². The maximum absolute atomic E-state index is 6.09. The Morgan fingerprint density at radius 2 is 0.521 bits per heavy atom. The summed E-state index contributed by atoms with van der Waals surface area (Å²) in [7, 11) is 0. The zero-order valence-corrected chi connectivity index (χ0v) is 67.7. The maximum atomic E-state index is 6.09. The van der Waals surface area contributed by atoms with Gasteiger partial charge in [-0.25, -0.2) is 0 Å². The SMILES string of the molecule is CC1(C)c2ccccc2-c2ccc(N(c3ccccc3)c3cccc(-c4ccc5oc6ccccc6c5c4)c3)cc21.c1ccc(-c2ccc(N(c3cccc(-c4ccc5oc6ccccc6c5c4)c3)c3ccc4ccccc4c3)cc2)cc1.c1ccc(-c2cccc(N(c3ccccc3)c3cccc(-c4ccc5sc6ccccc6c5c4)c3)c2)cc1. The number of para-hydroxylation sites is 4. The van der Waals surface area contributed by atoms with Crippen LogP contribution in [0.2, 0.25) is 0 Å². The largest absolute Gasteiger partial charge is 0.456 e. The number of anilines is 9. The number of thiophene rings is 1. The van der Waals surface area contributed by atoms with Gasteiger partial charge in [-0.1, -0.05) is 305 Å². The van der Waals surface area contributed by atoms with Crippen LogP contribution in [0, 0.1) is 0 Å². The minimum atomic E-state index is -0.0606. The number of furan rings is 2. The fourth-order valence-electron chi connectivity index (χ4n) is 17.7. The van der Waals surface area contributed by atoms with Crippen LogP contribution in [0.4, 0.5) is 51.2 Å². The first-order valence-corrected chi connectivity index (χ1v) is 42.1. The minimum absolute atomic E-state index is 0.0606. The molecule has 0 atom stereocenters. The molecule has 0 fully saturated rings. The fraction of sp³-hybridized carbons (Fsp3) is 0.0261. The molecule has 0 unspecified atom stereocenters. The van der Waals surface area contributed by atoms with E-state index in [1.54, 1.807) is 0 Å². The zero-order chi connectivity index (χ0) is 80.7. The summed E-state index contributed by atoms with van der Waals surface area (Å²) >= 11 is 1.86. The minimum Gasteiger partial charge on any atom is -0.456 e. The molecule has 0 aliphatic heterocycles. The Labute approximate surface area is 708 Å². The van der Waals surface area contributed by atoms with Crippen molar-refractivity contribution in [3.05, 3.63) is 466 Å². The monoisotopic (exact) mass is 1570 g/mol. The maximum Gasteiger partial charge on any atom is 0.135 e. The molecule has 0 spiro atoms. The number of nitrogens with zero attached hydrogens (tertiary/aromatic N) is 3. The zero-order valence-electron chi connectivity index (χ0n) is 66.9. The first-order valence-electron chi connectivity index (χ1n) is 41.3. The Morgan fingerprint density at radius 1 is 0.190 bits per heavy atom. The summed E-state index contributed by atoms with van der Waals surface area (Å²) in [5.41, 5.74) is 31.1. The van der Waals surface area contributed by atoms with Gasteiger partial charge in [-0.3, -0.25) is 0 Å². The lowest BCUT2D eigenvalue weighted by Gasteiger charge is -2.28. The second-order valence-corrected chi connectivity index (χ2v) is 32.6. The molecule has 19 aromatic carbocycles. The van der Waals surface area contributed by atoms with Gasteiger partial charge < -0.3 is 23.5 Å². The van der Waals surface area contributed by atoms with E-state index in [0.717, 1.165) is 106 Å². The molecule has 5 nitrogen and oxygen atoms in total. The second-order valence-electron chi connectivity index (χ2n) is 31.5. The van der Waals surface area contributed by atoms with E-state index in [9.17, 15) is 0 Å². The lowest BCUT2D eigenvalue weighted by atomic mass is 9.82. The molecule has 3 heterocycles. The van der Waals surface area contributed by atoms with Crippen molar-refractivity contribution in [2.75, 3.05) is 14.7 Å². The summed E-state index contributed by atoms with van der Waals surface area (Å²) in [6.45, 7) is 4.68. The number of fused-ring (bicyclic) bond motifs is 13. The molecular weight excluding hydrogens is 1490 g/mol. The van der Waals surface area contributed by atoms with E-state index in [2.05, 4.69) is 459 Å². The van der Waals surface area contributed by atoms with Gasteiger partial charge in [-0.2, -0.15) is 0 Å². The molecule has 0 amide bonds. The molecule has 0 radical (unpaired) electrons. The quantitative estimate of drug-likeness (QED) is 0.108. The van der Waals surface area contributed by atoms with Gasteiger partial charge in [0, 0.05) is 98.3 Å². The summed E-state index contributed by atoms with van der Waals surface area (Å²) in [6.07, 6.45) is 0. The average molecular weight is 1570 g/mol. The Bertz CT molecular complexity index is 7580. The predicted octanol–water partition coefficient (Wildman–Crippen LogP) is 33.4. The smallest absolute Gasteiger partial charge is 0.135 e. The highest BCUT2D eigenvalue weighted by Gasteiger charge is 2.36. The third kappa shape index (κ3) is 14.2. The van der Waals surface area contributed by atoms with Crippen molar-refractivity contribution in [3.8, 4) is 66.8 Å². The van der Waals surface area contributed by atoms with Crippen molar-refractivity contribution in [1.82, 2.24) is 0 Å². The molecular formula is C115H81N3O2S. The molecule has 574 valence electrons. The molecule has 0 bridgehead atoms. The van der Waals surface area contributed by atoms with E-state index >= 15 is 0 Å². The fourth-order valence-corrected chi connectivity index (χ4v) is 18.8. The van der Waals surface area contributed by atoms with Crippen LogP contribution in [0.3, 0.4) is 0 Å². The number of rotatable bonds is 14. The van der Waals surface area contributed by atoms with E-state index in [1.165, 1.54) is 97.7 Å². The summed E-state index contributed by atoms with van der Waals surface area (Å²) in [6, 6.07) is 163. The Kier molecular flexibility index (Phi) is 19.1. The molecule has 0 N–H and O–H groups in total. The summed E-state index contributed by atoms with van der Waals surface area (Å²) in [4.78, 5) is 7.06. The van der Waals surface area contributed by atoms with Gasteiger partial charge in [-0.15, -0.1) is 11.3 Å². The van der Waals surface area contributed by atoms with Gasteiger partial charge in [0.05, 0.1) is 0 Å². The molecule has 22 aromatic rings. The van der Waals surface area contributed by atoms with Crippen molar-refractivity contribution in [2.24, 2.45) is 0 Å². The van der Waals surface area contributed by atoms with Crippen LogP contribution in [0.15, 0.2) is 464 Å². The highest BCUT2D eigenvalue weighted by Crippen LogP contribution is 2.52. The number of hydrogen-bond acceptors (Lipinski definition) is 6. The molecule has 3 aromatic heterocycles. The molecule has 121 heavy (non-hydrogen) atoms. The second kappa shape index (κ2) is 31.6. The van der Waals surface area contributed by atoms with Crippen molar-refractivity contribution in [1.29, 1.82) is 0 Å². The standard InChI is InChI=1S/C40H27NO.C39H29NO.C36H25NS/c1-2-9-28(10-3-1)30-17-21-34(22-18-30)41(36-23-19-29-11-4-5-12-31(29)25-36)35-14-8-13-32(26-35)33-20-24-40-38(27-33)37-15-6-7-16-39(37)42-40;1-39(2)35-17-8-6-15-31(35)32-21-20-30(25-36(32)39)40(28-12-4-3-5-13-28)29-14-10-11-26(23-29)27-19-22-38-34(24-27)33-16-7-9-18-37(33)41-38;1-3-11-26(12-4-1)27-13-9-17-31(23-27)37(30-15-5-2-6-16-30)32-18-10-14-28(24-32)29-21-22-36-34(25-29)33-19-7-8-20-35(33)38-36/h1-27H;3-25H,1-2H3;1-25H. The molecule has 0 saturated carbocycles. The summed E-state index contributed by atoms with van der Waals surface area (Å²) in [5, 5.41) is 9.66. The van der Waals surface area contributed by atoms with Crippen molar-refractivity contribution in [3.63, 3.8) is 0 Å². The van der Waals surface area contributed by atoms with Crippen molar-refractivity contribution < 1.29 is 8.83 Å². The topological polar surface area (TPSA) is 36.0 Å². The highest BCUT2D eigenvalue weighted by atomic mass is 32.1.